The number of aromatic nitrogens is 2. The smallest absolute Gasteiger partial charge is 0.252 e. The first-order valence-electron chi connectivity index (χ1n) is 12.1. The number of anilines is 1. The Balaban J connectivity index is 1.28. The van der Waals surface area contributed by atoms with Crippen molar-refractivity contribution in [3.05, 3.63) is 48.2 Å². The average molecular weight is 614 g/mol. The first-order chi connectivity index (χ1) is 18.5. The van der Waals surface area contributed by atoms with Gasteiger partial charge >= 0.3 is 0 Å². The lowest BCUT2D eigenvalue weighted by molar-refractivity contribution is 0.169. The first-order valence-corrected chi connectivity index (χ1v) is 17.5. The summed E-state index contributed by atoms with van der Waals surface area (Å²) in [4.78, 5) is 9.39. The van der Waals surface area contributed by atoms with Crippen LogP contribution in [0, 0.1) is 5.92 Å². The molecule has 2 aromatic heterocycles. The molecule has 0 saturated carbocycles. The highest BCUT2D eigenvalue weighted by Crippen LogP contribution is 2.33. The molecule has 1 aliphatic heterocycles. The highest BCUT2D eigenvalue weighted by Gasteiger charge is 2.30. The topological polar surface area (TPSA) is 162 Å². The van der Waals surface area contributed by atoms with Gasteiger partial charge < -0.3 is 15.5 Å². The van der Waals surface area contributed by atoms with Gasteiger partial charge in [-0.15, -0.1) is 11.3 Å². The number of thiophene rings is 1. The van der Waals surface area contributed by atoms with Crippen molar-refractivity contribution in [2.45, 2.75) is 28.3 Å². The molecule has 0 bridgehead atoms. The van der Waals surface area contributed by atoms with Crippen molar-refractivity contribution in [2.24, 2.45) is 5.92 Å². The largest absolute Gasteiger partial charge is 0.506 e. The van der Waals surface area contributed by atoms with Crippen molar-refractivity contribution in [2.75, 3.05) is 43.4 Å². The van der Waals surface area contributed by atoms with Gasteiger partial charge in [0.2, 0.25) is 10.0 Å². The van der Waals surface area contributed by atoms with E-state index in [1.165, 1.54) is 45.6 Å². The van der Waals surface area contributed by atoms with Crippen LogP contribution < -0.4 is 10.0 Å². The minimum absolute atomic E-state index is 0.00208. The maximum absolute atomic E-state index is 13.3. The quantitative estimate of drug-likeness (QED) is 0.144. The summed E-state index contributed by atoms with van der Waals surface area (Å²) < 4.78 is 53.5. The summed E-state index contributed by atoms with van der Waals surface area (Å²) in [6.45, 7) is 1.65. The Morgan fingerprint density at radius 1 is 1.15 bits per heavy atom. The third-order valence-electron chi connectivity index (χ3n) is 6.29. The van der Waals surface area contributed by atoms with Crippen molar-refractivity contribution < 1.29 is 27.0 Å². The fourth-order valence-electron chi connectivity index (χ4n) is 4.24. The number of benzene rings is 1. The Hall–Kier alpha value is -2.27. The monoisotopic (exact) mass is 613 g/mol. The normalized spacial score (nSPS) is 16.3. The van der Waals surface area contributed by atoms with Gasteiger partial charge in [0.05, 0.1) is 28.6 Å². The van der Waals surface area contributed by atoms with Crippen LogP contribution in [0.5, 0.6) is 5.75 Å². The minimum Gasteiger partial charge on any atom is -0.506 e. The lowest BCUT2D eigenvalue weighted by atomic mass is 9.98. The number of thioether (sulfide) groups is 1. The van der Waals surface area contributed by atoms with Crippen LogP contribution in [0.1, 0.15) is 24.5 Å². The van der Waals surface area contributed by atoms with Crippen molar-refractivity contribution >= 4 is 48.8 Å². The number of nitrogens with zero attached hydrogens (tertiary/aromatic N) is 3. The number of rotatable bonds is 11. The molecule has 3 aromatic rings. The molecule has 0 spiro atoms. The fourth-order valence-corrected chi connectivity index (χ4v) is 8.06. The van der Waals surface area contributed by atoms with E-state index in [0.717, 1.165) is 11.1 Å². The van der Waals surface area contributed by atoms with E-state index in [1.54, 1.807) is 24.4 Å². The van der Waals surface area contributed by atoms with E-state index >= 15 is 0 Å². The average Bonchev–Trinajstić information content (AvgIpc) is 3.41. The first kappa shape index (κ1) is 29.7. The molecule has 4 rings (SSSR count). The molecule has 1 aromatic carbocycles. The van der Waals surface area contributed by atoms with Crippen LogP contribution in [-0.4, -0.2) is 80.0 Å². The Labute approximate surface area is 236 Å². The summed E-state index contributed by atoms with van der Waals surface area (Å²) in [6.07, 6.45) is 4.99. The lowest BCUT2D eigenvalue weighted by Crippen LogP contribution is -2.40. The van der Waals surface area contributed by atoms with Gasteiger partial charge in [0.15, 0.2) is 5.16 Å². The second-order valence-electron chi connectivity index (χ2n) is 9.22. The van der Waals surface area contributed by atoms with Crippen LogP contribution in [0.4, 0.5) is 5.69 Å². The summed E-state index contributed by atoms with van der Waals surface area (Å²) in [6, 6.07) is 9.43. The summed E-state index contributed by atoms with van der Waals surface area (Å²) >= 11 is 2.63. The van der Waals surface area contributed by atoms with Crippen LogP contribution in [0.25, 0.3) is 10.6 Å². The maximum atomic E-state index is 13.3. The number of phenols is 1. The van der Waals surface area contributed by atoms with Crippen molar-refractivity contribution in [3.8, 4) is 16.3 Å². The number of hydrogen-bond acceptors (Lipinski definition) is 11. The van der Waals surface area contributed by atoms with Gasteiger partial charge in [-0.25, -0.2) is 26.8 Å². The second kappa shape index (κ2) is 12.5. The maximum Gasteiger partial charge on any atom is 0.252 e. The lowest BCUT2D eigenvalue weighted by Gasteiger charge is -2.31. The molecule has 0 aliphatic carbocycles. The van der Waals surface area contributed by atoms with Crippen molar-refractivity contribution in [3.63, 3.8) is 0 Å². The van der Waals surface area contributed by atoms with Gasteiger partial charge in [-0.05, 0) is 67.5 Å². The van der Waals surface area contributed by atoms with E-state index in [9.17, 15) is 27.0 Å². The molecule has 1 aliphatic rings. The third kappa shape index (κ3) is 7.68. The molecule has 0 radical (unpaired) electrons. The number of sulfonamides is 2. The minimum atomic E-state index is -3.61. The summed E-state index contributed by atoms with van der Waals surface area (Å²) in [5.41, 5.74) is 1.15. The standard InChI is InChI=1S/C24H31N5O6S4/c1-36-24-26-10-7-18(27-24)22-5-6-23(37-22)39(34,35)29-11-8-16(9-12-29)14-25-15-21(31)17-3-4-20(30)19(13-17)28-38(2,32)33/h3-7,10,13,16,21,25,28,30-31H,8-9,11-12,14-15H2,1-2H3/t21-/m0/s1. The van der Waals surface area contributed by atoms with Crippen molar-refractivity contribution in [1.29, 1.82) is 0 Å². The van der Waals surface area contributed by atoms with Crippen LogP contribution in [0.15, 0.2) is 52.0 Å². The zero-order valence-electron chi connectivity index (χ0n) is 21.4. The molecule has 212 valence electrons. The van der Waals surface area contributed by atoms with Crippen molar-refractivity contribution in [1.82, 2.24) is 19.6 Å². The zero-order chi connectivity index (χ0) is 28.2. The molecule has 11 nitrogen and oxygen atoms in total. The third-order valence-corrected chi connectivity index (χ3v) is 10.9. The summed E-state index contributed by atoms with van der Waals surface area (Å²) in [5.74, 6) is 0.0133. The van der Waals surface area contributed by atoms with Crippen LogP contribution >= 0.6 is 23.1 Å². The molecule has 0 unspecified atom stereocenters. The molecule has 15 heteroatoms. The molecule has 3 heterocycles. The van der Waals surface area contributed by atoms with Crippen LogP contribution in [-0.2, 0) is 20.0 Å². The molecule has 1 fully saturated rings. The Morgan fingerprint density at radius 3 is 2.59 bits per heavy atom. The van der Waals surface area contributed by atoms with Gasteiger partial charge in [0, 0.05) is 25.8 Å². The number of hydrogen-bond donors (Lipinski definition) is 4. The highest BCUT2D eigenvalue weighted by molar-refractivity contribution is 7.98. The van der Waals surface area contributed by atoms with Crippen LogP contribution in [0.3, 0.4) is 0 Å². The molecule has 1 saturated heterocycles. The van der Waals surface area contributed by atoms with E-state index < -0.39 is 26.2 Å². The SMILES string of the molecule is CSc1nccc(-c2ccc(S(=O)(=O)N3CCC(CNC[C@H](O)c4ccc(O)c(NS(C)(=O)=O)c4)CC3)s2)n1. The molecular weight excluding hydrogens is 583 g/mol. The van der Waals surface area contributed by atoms with E-state index in [0.29, 0.717) is 53.1 Å². The number of aliphatic hydroxyl groups excluding tert-OH is 1. The molecular formula is C24H31N5O6S4. The number of nitrogens with one attached hydrogen (secondary N) is 2. The van der Waals surface area contributed by atoms with E-state index in [4.69, 9.17) is 0 Å². The predicted octanol–water partition coefficient (Wildman–Crippen LogP) is 2.73. The van der Waals surface area contributed by atoms with E-state index in [1.807, 2.05) is 6.26 Å². The molecule has 1 atom stereocenters. The molecule has 4 N–H and O–H groups in total. The highest BCUT2D eigenvalue weighted by atomic mass is 32.2. The number of aliphatic hydroxyl groups is 1. The van der Waals surface area contributed by atoms with E-state index in [2.05, 4.69) is 20.0 Å². The van der Waals surface area contributed by atoms with Gasteiger partial charge in [0.1, 0.15) is 9.96 Å². The fraction of sp³-hybridized carbons (Fsp3) is 0.417. The summed E-state index contributed by atoms with van der Waals surface area (Å²) in [5, 5.41) is 24.3. The zero-order valence-corrected chi connectivity index (χ0v) is 24.7. The van der Waals surface area contributed by atoms with Gasteiger partial charge in [-0.1, -0.05) is 17.8 Å². The predicted molar refractivity (Wildman–Crippen MR) is 153 cm³/mol. The van der Waals surface area contributed by atoms with Gasteiger partial charge in [-0.2, -0.15) is 4.31 Å². The molecule has 0 amide bonds. The second-order valence-corrected chi connectivity index (χ2v) is 15.0. The Kier molecular flexibility index (Phi) is 9.52. The van der Waals surface area contributed by atoms with Crippen LogP contribution in [0.2, 0.25) is 0 Å². The Bertz CT molecular complexity index is 1500. The number of piperidine rings is 1. The summed E-state index contributed by atoms with van der Waals surface area (Å²) in [7, 11) is -7.19. The number of aromatic hydroxyl groups is 1. The number of phenolic OH excluding ortho intramolecular Hbond substituents is 1. The van der Waals surface area contributed by atoms with Gasteiger partial charge in [-0.3, -0.25) is 4.72 Å². The van der Waals surface area contributed by atoms with E-state index in [-0.39, 0.29) is 23.9 Å². The molecule has 39 heavy (non-hydrogen) atoms. The Morgan fingerprint density at radius 2 is 1.90 bits per heavy atom. The van der Waals surface area contributed by atoms with Gasteiger partial charge in [0.25, 0.3) is 10.0 Å².